The van der Waals surface area contributed by atoms with Crippen LogP contribution >= 0.6 is 0 Å². The van der Waals surface area contributed by atoms with E-state index < -0.39 is 0 Å². The Morgan fingerprint density at radius 1 is 0.423 bits per heavy atom. The van der Waals surface area contributed by atoms with Crippen molar-refractivity contribution in [2.24, 2.45) is 22.9 Å². The van der Waals surface area contributed by atoms with E-state index in [1.165, 1.54) is 57.8 Å². The first-order valence-electron chi connectivity index (χ1n) is 11.4. The second-order valence-electron chi connectivity index (χ2n) is 8.04. The van der Waals surface area contributed by atoms with Gasteiger partial charge in [-0.1, -0.05) is 85.5 Å². The van der Waals surface area contributed by atoms with Crippen molar-refractivity contribution >= 4 is 0 Å². The van der Waals surface area contributed by atoms with E-state index in [0.717, 1.165) is 32.1 Å². The maximum Gasteiger partial charge on any atom is 0.00682 e. The summed E-state index contributed by atoms with van der Waals surface area (Å²) in [6, 6.07) is 0.622. The zero-order chi connectivity index (χ0) is 20.2. The van der Waals surface area contributed by atoms with Crippen LogP contribution in [0, 0.1) is 0 Å². The summed E-state index contributed by atoms with van der Waals surface area (Å²) >= 11 is 0. The standard InChI is InChI=1S/C11H28N4.C11H24/c1-3-8(12)5-10(14)7-11(15)6-9(13)4-2;1-3-5-7-9-11-10-8-6-4-2/h8-11H,3-7,12-15H2,1-2H3;3-11H2,1-2H3. The zero-order valence-electron chi connectivity index (χ0n) is 18.5. The lowest BCUT2D eigenvalue weighted by molar-refractivity contribution is 0.416. The Bertz CT molecular complexity index is 237. The lowest BCUT2D eigenvalue weighted by Gasteiger charge is -2.21. The molecular formula is C22H52N4. The van der Waals surface area contributed by atoms with E-state index in [1.807, 2.05) is 0 Å². The van der Waals surface area contributed by atoms with Gasteiger partial charge in [-0.2, -0.15) is 0 Å². The molecule has 0 aliphatic heterocycles. The molecule has 0 aliphatic rings. The van der Waals surface area contributed by atoms with Gasteiger partial charge in [0.25, 0.3) is 0 Å². The van der Waals surface area contributed by atoms with Crippen molar-refractivity contribution < 1.29 is 0 Å². The molecule has 0 rings (SSSR count). The van der Waals surface area contributed by atoms with E-state index >= 15 is 0 Å². The van der Waals surface area contributed by atoms with Gasteiger partial charge in [-0.25, -0.2) is 0 Å². The molecule has 26 heavy (non-hydrogen) atoms. The van der Waals surface area contributed by atoms with E-state index in [0.29, 0.717) is 0 Å². The predicted molar refractivity (Wildman–Crippen MR) is 119 cm³/mol. The smallest absolute Gasteiger partial charge is 0.00682 e. The van der Waals surface area contributed by atoms with Crippen molar-refractivity contribution in [2.75, 3.05) is 0 Å². The van der Waals surface area contributed by atoms with Crippen molar-refractivity contribution in [2.45, 2.75) is 142 Å². The Morgan fingerprint density at radius 3 is 0.962 bits per heavy atom. The van der Waals surface area contributed by atoms with Gasteiger partial charge in [-0.05, 0) is 32.1 Å². The van der Waals surface area contributed by atoms with Crippen LogP contribution in [-0.2, 0) is 0 Å². The molecule has 0 aromatic rings. The highest BCUT2D eigenvalue weighted by Gasteiger charge is 2.14. The van der Waals surface area contributed by atoms with Gasteiger partial charge >= 0.3 is 0 Å². The van der Waals surface area contributed by atoms with E-state index in [-0.39, 0.29) is 24.2 Å². The molecule has 0 bridgehead atoms. The summed E-state index contributed by atoms with van der Waals surface area (Å²) in [5, 5.41) is 0. The van der Waals surface area contributed by atoms with Gasteiger partial charge in [-0.3, -0.25) is 0 Å². The zero-order valence-corrected chi connectivity index (χ0v) is 18.5. The molecule has 4 atom stereocenters. The predicted octanol–water partition coefficient (Wildman–Crippen LogP) is 4.82. The molecule has 0 saturated heterocycles. The molecular weight excluding hydrogens is 320 g/mol. The average molecular weight is 373 g/mol. The van der Waals surface area contributed by atoms with Crippen LogP contribution in [0.4, 0.5) is 0 Å². The summed E-state index contributed by atoms with van der Waals surface area (Å²) in [5.41, 5.74) is 23.6. The highest BCUT2D eigenvalue weighted by atomic mass is 14.7. The third-order valence-corrected chi connectivity index (χ3v) is 5.07. The summed E-state index contributed by atoms with van der Waals surface area (Å²) < 4.78 is 0. The quantitative estimate of drug-likeness (QED) is 0.291. The number of hydrogen-bond acceptors (Lipinski definition) is 4. The SMILES string of the molecule is CCC(N)CC(N)CC(N)CC(N)CC.CCCCCCCCCCC. The Kier molecular flexibility index (Phi) is 22.8. The second kappa shape index (κ2) is 21.1. The molecule has 0 fully saturated rings. The highest BCUT2D eigenvalue weighted by Crippen LogP contribution is 2.09. The normalized spacial score (nSPS) is 15.7. The molecule has 0 aromatic heterocycles. The minimum atomic E-state index is 0.110. The van der Waals surface area contributed by atoms with E-state index in [4.69, 9.17) is 22.9 Å². The maximum absolute atomic E-state index is 5.97. The Labute approximate surface area is 165 Å². The van der Waals surface area contributed by atoms with Gasteiger partial charge < -0.3 is 22.9 Å². The summed E-state index contributed by atoms with van der Waals surface area (Å²) in [5.74, 6) is 0. The Morgan fingerprint density at radius 2 is 0.692 bits per heavy atom. The fourth-order valence-electron chi connectivity index (χ4n) is 3.08. The van der Waals surface area contributed by atoms with Gasteiger partial charge in [0.15, 0.2) is 0 Å². The van der Waals surface area contributed by atoms with Crippen molar-refractivity contribution in [1.29, 1.82) is 0 Å². The lowest BCUT2D eigenvalue weighted by Crippen LogP contribution is -2.39. The maximum atomic E-state index is 5.97. The van der Waals surface area contributed by atoms with Gasteiger partial charge in [0.2, 0.25) is 0 Å². The highest BCUT2D eigenvalue weighted by molar-refractivity contribution is 4.77. The minimum absolute atomic E-state index is 0.110. The van der Waals surface area contributed by atoms with Crippen molar-refractivity contribution in [3.05, 3.63) is 0 Å². The average Bonchev–Trinajstić information content (AvgIpc) is 2.61. The molecule has 4 unspecified atom stereocenters. The van der Waals surface area contributed by atoms with Crippen molar-refractivity contribution in [1.82, 2.24) is 0 Å². The van der Waals surface area contributed by atoms with Crippen LogP contribution in [0.2, 0.25) is 0 Å². The summed E-state index contributed by atoms with van der Waals surface area (Å²) in [6.07, 6.45) is 17.4. The van der Waals surface area contributed by atoms with E-state index in [9.17, 15) is 0 Å². The second-order valence-corrected chi connectivity index (χ2v) is 8.04. The fraction of sp³-hybridized carbons (Fsp3) is 1.00. The van der Waals surface area contributed by atoms with Crippen molar-refractivity contribution in [3.8, 4) is 0 Å². The Hall–Kier alpha value is -0.160. The molecule has 0 saturated carbocycles. The van der Waals surface area contributed by atoms with Crippen LogP contribution in [0.5, 0.6) is 0 Å². The molecule has 160 valence electrons. The third-order valence-electron chi connectivity index (χ3n) is 5.07. The first-order chi connectivity index (χ1) is 12.4. The van der Waals surface area contributed by atoms with Crippen LogP contribution in [0.3, 0.4) is 0 Å². The van der Waals surface area contributed by atoms with Gasteiger partial charge in [0, 0.05) is 24.2 Å². The summed E-state index contributed by atoms with van der Waals surface area (Å²) in [4.78, 5) is 0. The Balaban J connectivity index is 0. The third kappa shape index (κ3) is 21.9. The summed E-state index contributed by atoms with van der Waals surface area (Å²) in [6.45, 7) is 8.70. The van der Waals surface area contributed by atoms with Gasteiger partial charge in [0.1, 0.15) is 0 Å². The number of nitrogens with two attached hydrogens (primary N) is 4. The largest absolute Gasteiger partial charge is 0.328 e. The van der Waals surface area contributed by atoms with E-state index in [1.54, 1.807) is 0 Å². The number of rotatable bonds is 16. The first kappa shape index (κ1) is 28.1. The molecule has 0 spiro atoms. The van der Waals surface area contributed by atoms with Gasteiger partial charge in [0.05, 0.1) is 0 Å². The van der Waals surface area contributed by atoms with Crippen LogP contribution < -0.4 is 22.9 Å². The van der Waals surface area contributed by atoms with E-state index in [2.05, 4.69) is 27.7 Å². The van der Waals surface area contributed by atoms with Crippen LogP contribution in [-0.4, -0.2) is 24.2 Å². The molecule has 4 heteroatoms. The monoisotopic (exact) mass is 372 g/mol. The number of hydrogen-bond donors (Lipinski definition) is 4. The molecule has 0 heterocycles. The topological polar surface area (TPSA) is 104 Å². The first-order valence-corrected chi connectivity index (χ1v) is 11.4. The number of unbranched alkanes of at least 4 members (excludes halogenated alkanes) is 8. The molecule has 4 nitrogen and oxygen atoms in total. The lowest BCUT2D eigenvalue weighted by atomic mass is 9.96. The summed E-state index contributed by atoms with van der Waals surface area (Å²) in [7, 11) is 0. The molecule has 8 N–H and O–H groups in total. The van der Waals surface area contributed by atoms with Crippen LogP contribution in [0.15, 0.2) is 0 Å². The van der Waals surface area contributed by atoms with Crippen molar-refractivity contribution in [3.63, 3.8) is 0 Å². The molecule has 0 radical (unpaired) electrons. The molecule has 0 aromatic carbocycles. The minimum Gasteiger partial charge on any atom is -0.328 e. The van der Waals surface area contributed by atoms with Crippen LogP contribution in [0.25, 0.3) is 0 Å². The molecule has 0 aliphatic carbocycles. The van der Waals surface area contributed by atoms with Gasteiger partial charge in [-0.15, -0.1) is 0 Å². The van der Waals surface area contributed by atoms with Crippen LogP contribution in [0.1, 0.15) is 118 Å². The molecule has 0 amide bonds. The fourth-order valence-corrected chi connectivity index (χ4v) is 3.08.